The number of para-hydroxylation sites is 2. The fourth-order valence-electron chi connectivity index (χ4n) is 2.62. The molecule has 0 atom stereocenters. The molecule has 0 aliphatic carbocycles. The Morgan fingerprint density at radius 2 is 1.72 bits per heavy atom. The van der Waals surface area contributed by atoms with E-state index < -0.39 is 0 Å². The van der Waals surface area contributed by atoms with Gasteiger partial charge in [0.05, 0.1) is 25.3 Å². The molecule has 1 heterocycles. The highest BCUT2D eigenvalue weighted by atomic mass is 16.5. The number of methoxy groups -OCH3 is 2. The zero-order valence-corrected chi connectivity index (χ0v) is 13.9. The second kappa shape index (κ2) is 7.05. The molecule has 0 spiro atoms. The molecule has 0 aliphatic rings. The van der Waals surface area contributed by atoms with Gasteiger partial charge in [-0.05, 0) is 36.4 Å². The molecule has 25 heavy (non-hydrogen) atoms. The summed E-state index contributed by atoms with van der Waals surface area (Å²) in [4.78, 5) is 27.4. The minimum absolute atomic E-state index is 0.234. The van der Waals surface area contributed by atoms with Crippen molar-refractivity contribution in [2.24, 2.45) is 0 Å². The third-order valence-electron chi connectivity index (χ3n) is 3.88. The summed E-state index contributed by atoms with van der Waals surface area (Å²) in [6.07, 6.45) is 2.88. The van der Waals surface area contributed by atoms with Crippen LogP contribution in [0.5, 0.6) is 11.5 Å². The fourth-order valence-corrected chi connectivity index (χ4v) is 2.62. The number of nitrogens with one attached hydrogen (secondary N) is 1. The first kappa shape index (κ1) is 16.5. The molecule has 0 aliphatic heterocycles. The molecule has 5 heteroatoms. The molecule has 0 fully saturated rings. The summed E-state index contributed by atoms with van der Waals surface area (Å²) in [7, 11) is 3.06. The van der Waals surface area contributed by atoms with Gasteiger partial charge in [0.15, 0.2) is 5.78 Å². The lowest BCUT2D eigenvalue weighted by Crippen LogP contribution is -2.09. The van der Waals surface area contributed by atoms with Crippen molar-refractivity contribution < 1.29 is 14.3 Å². The number of aromatic nitrogens is 1. The third kappa shape index (κ3) is 3.30. The molecular formula is C20H17NO4. The number of benzene rings is 2. The molecule has 0 saturated heterocycles. The molecule has 0 amide bonds. The molecule has 2 aromatic carbocycles. The van der Waals surface area contributed by atoms with Crippen molar-refractivity contribution in [1.82, 2.24) is 4.98 Å². The van der Waals surface area contributed by atoms with E-state index >= 15 is 0 Å². The predicted octanol–water partition coefficient (Wildman–Crippen LogP) is 3.44. The Labute approximate surface area is 144 Å². The van der Waals surface area contributed by atoms with Crippen LogP contribution in [-0.2, 0) is 0 Å². The first-order chi connectivity index (χ1) is 12.1. The summed E-state index contributed by atoms with van der Waals surface area (Å²) in [6.45, 7) is 0. The number of hydrogen-bond donors (Lipinski definition) is 1. The van der Waals surface area contributed by atoms with Crippen molar-refractivity contribution in [3.8, 4) is 11.5 Å². The van der Waals surface area contributed by atoms with Crippen LogP contribution in [0.25, 0.3) is 17.0 Å². The minimum atomic E-state index is -0.291. The molecule has 0 bridgehead atoms. The Morgan fingerprint density at radius 3 is 2.48 bits per heavy atom. The number of aromatic amines is 1. The maximum Gasteiger partial charge on any atom is 0.255 e. The monoisotopic (exact) mass is 335 g/mol. The highest BCUT2D eigenvalue weighted by Crippen LogP contribution is 2.23. The maximum atomic E-state index is 12.4. The standard InChI is InChI=1S/C20H17NO4/c1-24-17-8-4-3-7-15(17)16(22)11-10-14-12-13-6-5-9-18(25-2)19(13)21-20(14)23/h3-12H,1-2H3,(H,21,23). The number of fused-ring (bicyclic) bond motifs is 1. The first-order valence-corrected chi connectivity index (χ1v) is 7.69. The number of ether oxygens (including phenoxy) is 2. The van der Waals surface area contributed by atoms with Crippen LogP contribution in [0.2, 0.25) is 0 Å². The van der Waals surface area contributed by atoms with Gasteiger partial charge >= 0.3 is 0 Å². The Hall–Kier alpha value is -3.34. The van der Waals surface area contributed by atoms with Crippen LogP contribution in [-0.4, -0.2) is 25.0 Å². The topological polar surface area (TPSA) is 68.4 Å². The van der Waals surface area contributed by atoms with Gasteiger partial charge in [-0.2, -0.15) is 0 Å². The predicted molar refractivity (Wildman–Crippen MR) is 97.5 cm³/mol. The summed E-state index contributed by atoms with van der Waals surface area (Å²) in [5.41, 5.74) is 1.17. The molecule has 3 rings (SSSR count). The van der Waals surface area contributed by atoms with Crippen molar-refractivity contribution in [3.05, 3.63) is 76.1 Å². The van der Waals surface area contributed by atoms with E-state index in [1.54, 1.807) is 43.5 Å². The summed E-state index contributed by atoms with van der Waals surface area (Å²) < 4.78 is 10.4. The molecular weight excluding hydrogens is 318 g/mol. The lowest BCUT2D eigenvalue weighted by Gasteiger charge is -2.06. The lowest BCUT2D eigenvalue weighted by atomic mass is 10.1. The van der Waals surface area contributed by atoms with Gasteiger partial charge in [-0.15, -0.1) is 0 Å². The summed E-state index contributed by atoms with van der Waals surface area (Å²) in [5, 5.41) is 0.823. The Morgan fingerprint density at radius 1 is 1.00 bits per heavy atom. The van der Waals surface area contributed by atoms with E-state index in [0.717, 1.165) is 5.39 Å². The molecule has 126 valence electrons. The van der Waals surface area contributed by atoms with Gasteiger partial charge in [0.1, 0.15) is 11.5 Å². The van der Waals surface area contributed by atoms with Crippen LogP contribution < -0.4 is 15.0 Å². The van der Waals surface area contributed by atoms with Crippen LogP contribution in [0.4, 0.5) is 0 Å². The second-order valence-corrected chi connectivity index (χ2v) is 5.38. The Kier molecular flexibility index (Phi) is 4.66. The number of carbonyl (C=O) groups is 1. The zero-order valence-electron chi connectivity index (χ0n) is 13.9. The Balaban J connectivity index is 1.97. The van der Waals surface area contributed by atoms with Crippen LogP contribution >= 0.6 is 0 Å². The van der Waals surface area contributed by atoms with E-state index in [1.165, 1.54) is 19.3 Å². The van der Waals surface area contributed by atoms with Gasteiger partial charge in [0.25, 0.3) is 5.56 Å². The first-order valence-electron chi connectivity index (χ1n) is 7.69. The van der Waals surface area contributed by atoms with Gasteiger partial charge in [-0.1, -0.05) is 24.3 Å². The number of pyridine rings is 1. The average molecular weight is 335 g/mol. The van der Waals surface area contributed by atoms with Gasteiger partial charge in [-0.25, -0.2) is 0 Å². The van der Waals surface area contributed by atoms with Crippen LogP contribution in [0, 0.1) is 0 Å². The van der Waals surface area contributed by atoms with Crippen LogP contribution in [0.3, 0.4) is 0 Å². The number of ketones is 1. The van der Waals surface area contributed by atoms with Crippen molar-refractivity contribution in [2.45, 2.75) is 0 Å². The highest BCUT2D eigenvalue weighted by Gasteiger charge is 2.09. The molecule has 1 aromatic heterocycles. The van der Waals surface area contributed by atoms with Crippen LogP contribution in [0.15, 0.2) is 59.4 Å². The van der Waals surface area contributed by atoms with Gasteiger partial charge in [-0.3, -0.25) is 9.59 Å². The Bertz CT molecular complexity index is 1020. The molecule has 0 saturated carbocycles. The number of allylic oxidation sites excluding steroid dienone is 1. The smallest absolute Gasteiger partial charge is 0.255 e. The largest absolute Gasteiger partial charge is 0.496 e. The lowest BCUT2D eigenvalue weighted by molar-refractivity contribution is 0.104. The maximum absolute atomic E-state index is 12.4. The molecule has 0 unspecified atom stereocenters. The minimum Gasteiger partial charge on any atom is -0.496 e. The molecule has 3 aromatic rings. The second-order valence-electron chi connectivity index (χ2n) is 5.38. The van der Waals surface area contributed by atoms with E-state index in [4.69, 9.17) is 9.47 Å². The molecule has 1 N–H and O–H groups in total. The quantitative estimate of drug-likeness (QED) is 0.573. The normalized spacial score (nSPS) is 11.0. The van der Waals surface area contributed by atoms with Crippen molar-refractivity contribution >= 4 is 22.8 Å². The van der Waals surface area contributed by atoms with Gasteiger partial charge in [0.2, 0.25) is 0 Å². The SMILES string of the molecule is COc1ccccc1C(=O)C=Cc1cc2cccc(OC)c2[nH]c1=O. The van der Waals surface area contributed by atoms with E-state index in [2.05, 4.69) is 4.98 Å². The summed E-state index contributed by atoms with van der Waals surface area (Å²) >= 11 is 0. The van der Waals surface area contributed by atoms with E-state index in [1.807, 2.05) is 12.1 Å². The van der Waals surface area contributed by atoms with Gasteiger partial charge in [0, 0.05) is 10.9 Å². The van der Waals surface area contributed by atoms with Crippen molar-refractivity contribution in [3.63, 3.8) is 0 Å². The van der Waals surface area contributed by atoms with Crippen molar-refractivity contribution in [2.75, 3.05) is 14.2 Å². The van der Waals surface area contributed by atoms with Crippen LogP contribution in [0.1, 0.15) is 15.9 Å². The zero-order chi connectivity index (χ0) is 17.8. The third-order valence-corrected chi connectivity index (χ3v) is 3.88. The summed E-state index contributed by atoms with van der Waals surface area (Å²) in [6, 6.07) is 14.2. The molecule has 0 radical (unpaired) electrons. The van der Waals surface area contributed by atoms with E-state index in [0.29, 0.717) is 28.1 Å². The van der Waals surface area contributed by atoms with Crippen molar-refractivity contribution in [1.29, 1.82) is 0 Å². The van der Waals surface area contributed by atoms with E-state index in [-0.39, 0.29) is 11.3 Å². The number of rotatable bonds is 5. The number of carbonyl (C=O) groups excluding carboxylic acids is 1. The molecule has 5 nitrogen and oxygen atoms in total. The summed E-state index contributed by atoms with van der Waals surface area (Å²) in [5.74, 6) is 0.854. The van der Waals surface area contributed by atoms with Gasteiger partial charge < -0.3 is 14.5 Å². The number of H-pyrrole nitrogens is 1. The highest BCUT2D eigenvalue weighted by molar-refractivity contribution is 6.08. The van der Waals surface area contributed by atoms with E-state index in [9.17, 15) is 9.59 Å². The fraction of sp³-hybridized carbons (Fsp3) is 0.100. The number of hydrogen-bond acceptors (Lipinski definition) is 4. The average Bonchev–Trinajstić information content (AvgIpc) is 2.65.